The number of ether oxygens (including phenoxy) is 1. The first kappa shape index (κ1) is 16.6. The van der Waals surface area contributed by atoms with Crippen LogP contribution in [0.2, 0.25) is 0 Å². The largest absolute Gasteiger partial charge is 0.454 e. The van der Waals surface area contributed by atoms with Crippen molar-refractivity contribution in [2.75, 3.05) is 23.3 Å². The Balaban J connectivity index is 1.86. The van der Waals surface area contributed by atoms with E-state index in [1.54, 1.807) is 6.07 Å². The number of nitrogens with one attached hydrogen (secondary N) is 1. The number of para-hydroxylation sites is 2. The zero-order valence-electron chi connectivity index (χ0n) is 14.7. The summed E-state index contributed by atoms with van der Waals surface area (Å²) in [6.07, 6.45) is 0. The van der Waals surface area contributed by atoms with E-state index in [1.165, 1.54) is 0 Å². The molecule has 0 amide bonds. The molecule has 1 aromatic heterocycles. The fourth-order valence-corrected chi connectivity index (χ4v) is 2.96. The molecule has 0 bridgehead atoms. The molecular weight excluding hydrogens is 342 g/mol. The minimum Gasteiger partial charge on any atom is -0.454 e. The zero-order chi connectivity index (χ0) is 19.0. The number of amidine groups is 1. The first-order chi connectivity index (χ1) is 13.0. The van der Waals surface area contributed by atoms with Crippen LogP contribution in [-0.4, -0.2) is 22.3 Å². The zero-order valence-corrected chi connectivity index (χ0v) is 14.7. The molecule has 7 N–H and O–H groups in total. The molecule has 1 aliphatic heterocycles. The summed E-state index contributed by atoms with van der Waals surface area (Å²) in [6.45, 7) is 2.70. The molecule has 0 aliphatic carbocycles. The summed E-state index contributed by atoms with van der Waals surface area (Å²) in [7, 11) is 0. The van der Waals surface area contributed by atoms with Crippen molar-refractivity contribution in [3.8, 4) is 22.8 Å². The molecule has 0 saturated heterocycles. The molecule has 0 unspecified atom stereocenters. The average molecular weight is 361 g/mol. The fraction of sp³-hybridized carbons (Fsp3) is 0.105. The molecule has 8 heteroatoms. The maximum Gasteiger partial charge on any atom is 0.222 e. The Bertz CT molecular complexity index is 1060. The van der Waals surface area contributed by atoms with Crippen LogP contribution in [0.5, 0.6) is 11.5 Å². The summed E-state index contributed by atoms with van der Waals surface area (Å²) in [6, 6.07) is 12.8. The molecule has 1 aliphatic rings. The number of anilines is 3. The third-order valence-electron chi connectivity index (χ3n) is 4.11. The van der Waals surface area contributed by atoms with Gasteiger partial charge < -0.3 is 27.3 Å². The molecule has 136 valence electrons. The van der Waals surface area contributed by atoms with Crippen LogP contribution in [0.4, 0.5) is 23.1 Å². The molecule has 27 heavy (non-hydrogen) atoms. The summed E-state index contributed by atoms with van der Waals surface area (Å²) in [4.78, 5) is 12.9. The van der Waals surface area contributed by atoms with E-state index in [9.17, 15) is 0 Å². The smallest absolute Gasteiger partial charge is 0.222 e. The van der Waals surface area contributed by atoms with Gasteiger partial charge in [-0.2, -0.15) is 4.98 Å². The van der Waals surface area contributed by atoms with Crippen molar-refractivity contribution in [3.05, 3.63) is 48.0 Å². The van der Waals surface area contributed by atoms with Crippen LogP contribution in [0.1, 0.15) is 12.5 Å². The van der Waals surface area contributed by atoms with Gasteiger partial charge in [0.25, 0.3) is 0 Å². The summed E-state index contributed by atoms with van der Waals surface area (Å²) >= 11 is 0. The van der Waals surface area contributed by atoms with Gasteiger partial charge in [0.15, 0.2) is 5.75 Å². The Kier molecular flexibility index (Phi) is 4.00. The van der Waals surface area contributed by atoms with Gasteiger partial charge >= 0.3 is 0 Å². The Morgan fingerprint density at radius 3 is 2.63 bits per heavy atom. The Labute approximate surface area is 156 Å². The highest BCUT2D eigenvalue weighted by Crippen LogP contribution is 2.40. The first-order valence-electron chi connectivity index (χ1n) is 8.49. The second-order valence-corrected chi connectivity index (χ2v) is 6.03. The van der Waals surface area contributed by atoms with E-state index >= 15 is 0 Å². The van der Waals surface area contributed by atoms with Crippen LogP contribution in [0.15, 0.2) is 47.5 Å². The normalized spacial score (nSPS) is 12.3. The molecule has 0 radical (unpaired) electrons. The molecule has 8 nitrogen and oxygen atoms in total. The average Bonchev–Trinajstić information content (AvgIpc) is 2.77. The maximum absolute atomic E-state index is 6.28. The molecule has 0 spiro atoms. The van der Waals surface area contributed by atoms with Crippen molar-refractivity contribution in [2.24, 2.45) is 10.7 Å². The Morgan fingerprint density at radius 1 is 1.00 bits per heavy atom. The lowest BCUT2D eigenvalue weighted by atomic mass is 10.0. The molecule has 4 rings (SSSR count). The van der Waals surface area contributed by atoms with Crippen LogP contribution in [-0.2, 0) is 0 Å². The monoisotopic (exact) mass is 361 g/mol. The van der Waals surface area contributed by atoms with Gasteiger partial charge in [-0.3, -0.25) is 0 Å². The number of nitrogens with zero attached hydrogens (tertiary/aromatic N) is 3. The van der Waals surface area contributed by atoms with E-state index in [2.05, 4.69) is 20.3 Å². The van der Waals surface area contributed by atoms with Crippen LogP contribution < -0.4 is 27.3 Å². The van der Waals surface area contributed by atoms with Gasteiger partial charge in [0.2, 0.25) is 5.95 Å². The third-order valence-corrected chi connectivity index (χ3v) is 4.11. The quantitative estimate of drug-likeness (QED) is 0.526. The van der Waals surface area contributed by atoms with Crippen molar-refractivity contribution in [1.82, 2.24) is 9.97 Å². The van der Waals surface area contributed by atoms with Crippen molar-refractivity contribution in [1.29, 1.82) is 0 Å². The number of hydrogen-bond donors (Lipinski definition) is 4. The number of fused-ring (bicyclic) bond motifs is 2. The molecule has 2 heterocycles. The number of aromatic nitrogens is 2. The highest BCUT2D eigenvalue weighted by Gasteiger charge is 2.20. The van der Waals surface area contributed by atoms with Gasteiger partial charge in [0.1, 0.15) is 23.1 Å². The standard InChI is InChI=1S/C19H19N7O/c1-2-23-16-9-13(25-19(22)26-16)10-7-11(20)17-15(8-10)27-14-6-4-3-5-12(14)24-18(17)21/h3-9H,2,20H2,1H3,(H2,21,24)(H3,22,23,25,26). The minimum absolute atomic E-state index is 0.171. The predicted molar refractivity (Wildman–Crippen MR) is 107 cm³/mol. The molecule has 2 aromatic carbocycles. The van der Waals surface area contributed by atoms with Crippen molar-refractivity contribution in [2.45, 2.75) is 6.92 Å². The fourth-order valence-electron chi connectivity index (χ4n) is 2.96. The number of rotatable bonds is 3. The minimum atomic E-state index is 0.171. The van der Waals surface area contributed by atoms with Gasteiger partial charge in [-0.05, 0) is 31.2 Å². The van der Waals surface area contributed by atoms with Crippen molar-refractivity contribution < 1.29 is 4.74 Å². The Morgan fingerprint density at radius 2 is 1.81 bits per heavy atom. The number of nitrogen functional groups attached to an aromatic ring is 2. The lowest BCUT2D eigenvalue weighted by Crippen LogP contribution is -2.15. The van der Waals surface area contributed by atoms with E-state index in [-0.39, 0.29) is 5.95 Å². The highest BCUT2D eigenvalue weighted by molar-refractivity contribution is 6.07. The first-order valence-corrected chi connectivity index (χ1v) is 8.49. The topological polar surface area (TPSA) is 137 Å². The van der Waals surface area contributed by atoms with Gasteiger partial charge in [-0.25, -0.2) is 9.98 Å². The van der Waals surface area contributed by atoms with Crippen molar-refractivity contribution in [3.63, 3.8) is 0 Å². The van der Waals surface area contributed by atoms with Gasteiger partial charge in [-0.1, -0.05) is 12.1 Å². The maximum atomic E-state index is 6.28. The second-order valence-electron chi connectivity index (χ2n) is 6.03. The van der Waals surface area contributed by atoms with Crippen molar-refractivity contribution >= 4 is 29.0 Å². The lowest BCUT2D eigenvalue weighted by molar-refractivity contribution is 0.485. The van der Waals surface area contributed by atoms with E-state index in [4.69, 9.17) is 21.9 Å². The number of aliphatic imine (C=N–C) groups is 1. The number of nitrogens with two attached hydrogens (primary N) is 3. The SMILES string of the molecule is CCNc1cc(-c2cc(N)c3c(c2)Oc2ccccc2N=C3N)nc(N)n1. The highest BCUT2D eigenvalue weighted by atomic mass is 16.5. The molecular formula is C19H19N7O. The number of hydrogen-bond acceptors (Lipinski definition) is 8. The molecule has 3 aromatic rings. The van der Waals surface area contributed by atoms with Gasteiger partial charge in [-0.15, -0.1) is 0 Å². The predicted octanol–water partition coefficient (Wildman–Crippen LogP) is 2.88. The number of benzene rings is 2. The van der Waals surface area contributed by atoms with Gasteiger partial charge in [0.05, 0.1) is 11.3 Å². The van der Waals surface area contributed by atoms with Crippen LogP contribution in [0.25, 0.3) is 11.3 Å². The third kappa shape index (κ3) is 3.08. The second kappa shape index (κ2) is 6.49. The summed E-state index contributed by atoms with van der Waals surface area (Å²) in [5.74, 6) is 2.23. The van der Waals surface area contributed by atoms with E-state index in [0.717, 1.165) is 12.1 Å². The molecule has 0 atom stereocenters. The summed E-state index contributed by atoms with van der Waals surface area (Å²) < 4.78 is 6.06. The van der Waals surface area contributed by atoms with E-state index in [1.807, 2.05) is 43.3 Å². The summed E-state index contributed by atoms with van der Waals surface area (Å²) in [5, 5.41) is 3.13. The van der Waals surface area contributed by atoms with E-state index < -0.39 is 0 Å². The van der Waals surface area contributed by atoms with Crippen LogP contribution in [0, 0.1) is 0 Å². The molecule has 0 saturated carbocycles. The van der Waals surface area contributed by atoms with Gasteiger partial charge in [0, 0.05) is 23.9 Å². The molecule has 0 fully saturated rings. The van der Waals surface area contributed by atoms with Crippen LogP contribution >= 0.6 is 0 Å². The van der Waals surface area contributed by atoms with Crippen LogP contribution in [0.3, 0.4) is 0 Å². The Hall–Kier alpha value is -3.81. The lowest BCUT2D eigenvalue weighted by Gasteiger charge is -2.14. The van der Waals surface area contributed by atoms with E-state index in [0.29, 0.717) is 45.8 Å². The summed E-state index contributed by atoms with van der Waals surface area (Å²) in [5.41, 5.74) is 21.3.